The van der Waals surface area contributed by atoms with Gasteiger partial charge in [0.1, 0.15) is 11.8 Å². The summed E-state index contributed by atoms with van der Waals surface area (Å²) >= 11 is 4.06. The van der Waals surface area contributed by atoms with Crippen molar-refractivity contribution in [2.75, 3.05) is 46.1 Å². The lowest BCUT2D eigenvalue weighted by Crippen LogP contribution is -2.15. The van der Waals surface area contributed by atoms with Crippen molar-refractivity contribution >= 4 is 45.9 Å². The maximum atomic E-state index is 11.7. The molecule has 28 heavy (non-hydrogen) atoms. The summed E-state index contributed by atoms with van der Waals surface area (Å²) in [5.74, 6) is 0. The van der Waals surface area contributed by atoms with Gasteiger partial charge in [0.2, 0.25) is 0 Å². The van der Waals surface area contributed by atoms with Crippen LogP contribution in [0.15, 0.2) is 18.2 Å². The first-order valence-corrected chi connectivity index (χ1v) is 11.2. The predicted molar refractivity (Wildman–Crippen MR) is 120 cm³/mol. The zero-order valence-electron chi connectivity index (χ0n) is 16.3. The third-order valence-corrected chi connectivity index (χ3v) is 7.06. The third kappa shape index (κ3) is 4.91. The van der Waals surface area contributed by atoms with Crippen LogP contribution in [0.1, 0.15) is 43.8 Å². The highest BCUT2D eigenvalue weighted by Crippen LogP contribution is 2.47. The molecule has 0 saturated carbocycles. The van der Waals surface area contributed by atoms with Crippen LogP contribution >= 0.6 is 33.9 Å². The Morgan fingerprint density at radius 2 is 2.14 bits per heavy atom. The molecule has 1 aliphatic carbocycles. The number of carbonyl (C=O) groups excluding carboxylic acids is 1. The fraction of sp³-hybridized carbons (Fsp3) is 0.500. The summed E-state index contributed by atoms with van der Waals surface area (Å²) in [5.41, 5.74) is 3.59. The normalized spacial score (nSPS) is 18.7. The van der Waals surface area contributed by atoms with Crippen LogP contribution in [-0.2, 0) is 14.2 Å². The molecule has 0 bridgehead atoms. The van der Waals surface area contributed by atoms with Gasteiger partial charge >= 0.3 is 0 Å². The van der Waals surface area contributed by atoms with E-state index in [-0.39, 0.29) is 12.9 Å². The van der Waals surface area contributed by atoms with Crippen molar-refractivity contribution in [1.29, 1.82) is 0 Å². The second kappa shape index (κ2) is 10.1. The van der Waals surface area contributed by atoms with Gasteiger partial charge in [0.25, 0.3) is 0 Å². The van der Waals surface area contributed by atoms with Gasteiger partial charge in [0.15, 0.2) is 6.29 Å². The van der Waals surface area contributed by atoms with E-state index in [0.717, 1.165) is 46.0 Å². The minimum Gasteiger partial charge on any atom is -0.382 e. The number of aromatic nitrogens is 1. The molecule has 6 nitrogen and oxygen atoms in total. The summed E-state index contributed by atoms with van der Waals surface area (Å²) in [4.78, 5) is 19.7. The van der Waals surface area contributed by atoms with Gasteiger partial charge in [-0.2, -0.15) is 0 Å². The van der Waals surface area contributed by atoms with E-state index >= 15 is 0 Å². The number of rotatable bonds is 9. The zero-order chi connectivity index (χ0) is 20.1. The second-order valence-electron chi connectivity index (χ2n) is 6.77. The topological polar surface area (TPSA) is 60.9 Å². The van der Waals surface area contributed by atoms with E-state index in [9.17, 15) is 4.79 Å². The third-order valence-electron chi connectivity index (χ3n) is 4.65. The Bertz CT molecular complexity index is 811. The number of anilines is 1. The Balaban J connectivity index is 1.84. The molecule has 1 aromatic heterocycles. The number of ether oxygens (including phenoxy) is 3. The number of methoxy groups -OCH3 is 1. The first kappa shape index (κ1) is 21.6. The number of halogens is 1. The first-order chi connectivity index (χ1) is 13.5. The molecular formula is C20H25IN2O4S. The molecule has 1 aliphatic rings. The average Bonchev–Trinajstić information content (AvgIpc) is 3.15. The average molecular weight is 516 g/mol. The smallest absolute Gasteiger partial charge is 0.150 e. The monoisotopic (exact) mass is 516 g/mol. The van der Waals surface area contributed by atoms with Gasteiger partial charge in [-0.1, -0.05) is 22.6 Å². The maximum absolute atomic E-state index is 11.7. The Morgan fingerprint density at radius 1 is 1.32 bits per heavy atom. The van der Waals surface area contributed by atoms with Crippen molar-refractivity contribution in [3.05, 3.63) is 34.3 Å². The molecule has 0 aliphatic heterocycles. The van der Waals surface area contributed by atoms with Crippen molar-refractivity contribution in [1.82, 2.24) is 4.98 Å². The van der Waals surface area contributed by atoms with Gasteiger partial charge in [0, 0.05) is 38.0 Å². The van der Waals surface area contributed by atoms with Crippen molar-refractivity contribution in [2.45, 2.75) is 22.9 Å². The van der Waals surface area contributed by atoms with Crippen LogP contribution < -0.4 is 4.90 Å². The molecular weight excluding hydrogens is 491 g/mol. The van der Waals surface area contributed by atoms with Gasteiger partial charge in [-0.15, -0.1) is 11.3 Å². The number of benzene rings is 1. The predicted octanol–water partition coefficient (Wildman–Crippen LogP) is 4.64. The number of nitrogens with zero attached hydrogens (tertiary/aromatic N) is 2. The van der Waals surface area contributed by atoms with E-state index in [2.05, 4.69) is 22.6 Å². The maximum Gasteiger partial charge on any atom is 0.150 e. The number of hydrogen-bond donors (Lipinski definition) is 0. The van der Waals surface area contributed by atoms with E-state index in [0.29, 0.717) is 22.7 Å². The summed E-state index contributed by atoms with van der Waals surface area (Å²) in [6.07, 6.45) is 2.84. The van der Waals surface area contributed by atoms with Crippen molar-refractivity contribution < 1.29 is 19.0 Å². The summed E-state index contributed by atoms with van der Waals surface area (Å²) in [7, 11) is 5.57. The summed E-state index contributed by atoms with van der Waals surface area (Å²) in [6.45, 7) is 1.31. The Morgan fingerprint density at radius 3 is 2.86 bits per heavy atom. The second-order valence-corrected chi connectivity index (χ2v) is 9.31. The van der Waals surface area contributed by atoms with Gasteiger partial charge in [0.05, 0.1) is 33.8 Å². The lowest BCUT2D eigenvalue weighted by Gasteiger charge is -2.24. The highest BCUT2D eigenvalue weighted by Gasteiger charge is 2.31. The van der Waals surface area contributed by atoms with Crippen LogP contribution in [-0.4, -0.2) is 52.5 Å². The molecule has 0 N–H and O–H groups in total. The van der Waals surface area contributed by atoms with E-state index in [1.54, 1.807) is 18.4 Å². The van der Waals surface area contributed by atoms with E-state index < -0.39 is 0 Å². The Kier molecular flexibility index (Phi) is 7.81. The zero-order valence-corrected chi connectivity index (χ0v) is 19.3. The van der Waals surface area contributed by atoms with Crippen molar-refractivity contribution in [3.8, 4) is 10.6 Å². The van der Waals surface area contributed by atoms with E-state index in [1.165, 1.54) is 0 Å². The van der Waals surface area contributed by atoms with Gasteiger partial charge in [-0.3, -0.25) is 4.79 Å². The number of hydrogen-bond acceptors (Lipinski definition) is 7. The molecule has 0 fully saturated rings. The molecule has 2 aromatic rings. The van der Waals surface area contributed by atoms with Crippen LogP contribution in [0.25, 0.3) is 10.6 Å². The van der Waals surface area contributed by atoms with Crippen LogP contribution in [0.3, 0.4) is 0 Å². The number of aldehydes is 1. The molecule has 1 aromatic carbocycles. The number of alkyl halides is 1. The minimum absolute atomic E-state index is 0.0180. The standard InChI is InChI=1S/C20H25IN2O4S/c1-23(2)14-4-5-15(13(10-14)11-24)20-22-18-16(21)6-7-17(19(18)28-20)27-12-26-9-8-25-3/h4-5,10-11,16-17H,6-9,12H2,1-3H3. The van der Waals surface area contributed by atoms with E-state index in [1.807, 2.05) is 37.2 Å². The SMILES string of the molecule is COCCOCOC1CCC(I)c2nc(-c3ccc(N(C)C)cc3C=O)sc21. The lowest BCUT2D eigenvalue weighted by molar-refractivity contribution is -0.102. The van der Waals surface area contributed by atoms with Crippen LogP contribution in [0.4, 0.5) is 5.69 Å². The highest BCUT2D eigenvalue weighted by atomic mass is 127. The minimum atomic E-state index is -0.0180. The van der Waals surface area contributed by atoms with Crippen molar-refractivity contribution in [3.63, 3.8) is 0 Å². The molecule has 152 valence electrons. The van der Waals surface area contributed by atoms with Crippen molar-refractivity contribution in [2.24, 2.45) is 0 Å². The summed E-state index contributed by atoms with van der Waals surface area (Å²) in [5, 5.41) is 0.870. The molecule has 0 saturated heterocycles. The Labute approximate surface area is 183 Å². The number of carbonyl (C=O) groups is 1. The molecule has 1 heterocycles. The molecule has 2 atom stereocenters. The molecule has 2 unspecified atom stereocenters. The lowest BCUT2D eigenvalue weighted by atomic mass is 10.00. The summed E-state index contributed by atoms with van der Waals surface area (Å²) < 4.78 is 16.8. The Hall–Kier alpha value is -1.07. The van der Waals surface area contributed by atoms with Gasteiger partial charge in [-0.05, 0) is 31.0 Å². The quantitative estimate of drug-likeness (QED) is 0.159. The molecule has 0 spiro atoms. The molecule has 3 rings (SSSR count). The van der Waals surface area contributed by atoms with E-state index in [4.69, 9.17) is 19.2 Å². The van der Waals surface area contributed by atoms with Crippen LogP contribution in [0, 0.1) is 0 Å². The fourth-order valence-electron chi connectivity index (χ4n) is 3.09. The molecule has 0 radical (unpaired) electrons. The van der Waals surface area contributed by atoms with Gasteiger partial charge < -0.3 is 19.1 Å². The molecule has 8 heteroatoms. The first-order valence-electron chi connectivity index (χ1n) is 9.15. The molecule has 0 amide bonds. The number of thiazole rings is 1. The van der Waals surface area contributed by atoms with Gasteiger partial charge in [-0.25, -0.2) is 4.98 Å². The van der Waals surface area contributed by atoms with Crippen LogP contribution in [0.5, 0.6) is 0 Å². The summed E-state index contributed by atoms with van der Waals surface area (Å²) in [6, 6.07) is 5.90. The fourth-order valence-corrected chi connectivity index (χ4v) is 5.39. The number of fused-ring (bicyclic) bond motifs is 1. The highest BCUT2D eigenvalue weighted by molar-refractivity contribution is 14.1. The largest absolute Gasteiger partial charge is 0.382 e. The van der Waals surface area contributed by atoms with Crippen LogP contribution in [0.2, 0.25) is 0 Å².